The van der Waals surface area contributed by atoms with Gasteiger partial charge in [0.05, 0.1) is 13.0 Å². The molecule has 5 heteroatoms. The molecule has 1 aromatic carbocycles. The predicted octanol–water partition coefficient (Wildman–Crippen LogP) is 2.05. The molecule has 5 nitrogen and oxygen atoms in total. The van der Waals surface area contributed by atoms with E-state index >= 15 is 0 Å². The van der Waals surface area contributed by atoms with Gasteiger partial charge in [-0.05, 0) is 26.3 Å². The maximum absolute atomic E-state index is 11.5. The minimum Gasteiger partial charge on any atom is -0.460 e. The summed E-state index contributed by atoms with van der Waals surface area (Å²) in [6.45, 7) is 6.18. The van der Waals surface area contributed by atoms with Crippen LogP contribution in [-0.4, -0.2) is 30.6 Å². The van der Waals surface area contributed by atoms with Crippen molar-refractivity contribution in [1.82, 2.24) is 5.32 Å². The van der Waals surface area contributed by atoms with Crippen LogP contribution in [0.1, 0.15) is 32.8 Å². The molecule has 21 heavy (non-hydrogen) atoms. The summed E-state index contributed by atoms with van der Waals surface area (Å²) < 4.78 is 10.3. The van der Waals surface area contributed by atoms with Crippen LogP contribution in [0.25, 0.3) is 0 Å². The Labute approximate surface area is 125 Å². The van der Waals surface area contributed by atoms with Gasteiger partial charge in [-0.2, -0.15) is 0 Å². The van der Waals surface area contributed by atoms with Gasteiger partial charge in [0.15, 0.2) is 0 Å². The van der Waals surface area contributed by atoms with E-state index in [1.807, 2.05) is 51.1 Å². The molecule has 1 aromatic rings. The van der Waals surface area contributed by atoms with Crippen LogP contribution in [0.5, 0.6) is 0 Å². The molecule has 1 N–H and O–H groups in total. The molecule has 1 rings (SSSR count). The van der Waals surface area contributed by atoms with Crippen molar-refractivity contribution in [3.63, 3.8) is 0 Å². The van der Waals surface area contributed by atoms with Crippen molar-refractivity contribution < 1.29 is 19.1 Å². The van der Waals surface area contributed by atoms with Gasteiger partial charge in [0.25, 0.3) is 0 Å². The van der Waals surface area contributed by atoms with Crippen molar-refractivity contribution in [2.75, 3.05) is 13.1 Å². The van der Waals surface area contributed by atoms with E-state index in [1.165, 1.54) is 0 Å². The number of rotatable bonds is 7. The third-order valence-electron chi connectivity index (χ3n) is 2.44. The molecular formula is C16H23NO4. The van der Waals surface area contributed by atoms with Gasteiger partial charge >= 0.3 is 11.9 Å². The second-order valence-corrected chi connectivity index (χ2v) is 5.66. The fourth-order valence-electron chi connectivity index (χ4n) is 1.56. The Bertz CT molecular complexity index is 451. The van der Waals surface area contributed by atoms with Crippen molar-refractivity contribution in [3.8, 4) is 0 Å². The average Bonchev–Trinajstić information content (AvgIpc) is 2.40. The summed E-state index contributed by atoms with van der Waals surface area (Å²) in [6.07, 6.45) is 0.225. The Morgan fingerprint density at radius 2 is 1.76 bits per heavy atom. The molecule has 0 radical (unpaired) electrons. The summed E-state index contributed by atoms with van der Waals surface area (Å²) in [7, 11) is 0. The maximum atomic E-state index is 11.5. The fourth-order valence-corrected chi connectivity index (χ4v) is 1.56. The van der Waals surface area contributed by atoms with E-state index in [-0.39, 0.29) is 31.5 Å². The number of hydrogen-bond acceptors (Lipinski definition) is 5. The molecule has 0 atom stereocenters. The lowest BCUT2D eigenvalue weighted by Crippen LogP contribution is -2.29. The number of carbonyl (C=O) groups is 2. The molecule has 0 aliphatic carbocycles. The van der Waals surface area contributed by atoms with Gasteiger partial charge in [-0.3, -0.25) is 9.59 Å². The second kappa shape index (κ2) is 8.42. The van der Waals surface area contributed by atoms with Gasteiger partial charge in [-0.15, -0.1) is 0 Å². The summed E-state index contributed by atoms with van der Waals surface area (Å²) in [5, 5.41) is 2.86. The average molecular weight is 293 g/mol. The number of benzene rings is 1. The Morgan fingerprint density at radius 1 is 1.10 bits per heavy atom. The zero-order valence-corrected chi connectivity index (χ0v) is 12.8. The minimum absolute atomic E-state index is 0.0790. The van der Waals surface area contributed by atoms with Crippen LogP contribution in [0.2, 0.25) is 0 Å². The first kappa shape index (κ1) is 17.2. The van der Waals surface area contributed by atoms with E-state index in [0.717, 1.165) is 5.56 Å². The number of ether oxygens (including phenoxy) is 2. The summed E-state index contributed by atoms with van der Waals surface area (Å²) in [4.78, 5) is 22.9. The van der Waals surface area contributed by atoms with Gasteiger partial charge in [0.1, 0.15) is 12.2 Å². The van der Waals surface area contributed by atoms with Crippen LogP contribution in [-0.2, 0) is 25.7 Å². The van der Waals surface area contributed by atoms with E-state index in [0.29, 0.717) is 6.54 Å². The number of nitrogens with one attached hydrogen (secondary N) is 1. The standard InChI is InChI=1S/C16H23NO4/c1-16(2,3)21-14(18)9-10-17-11-15(19)20-12-13-7-5-4-6-8-13/h4-8,17H,9-12H2,1-3H3. The zero-order chi connectivity index (χ0) is 15.7. The molecule has 0 heterocycles. The van der Waals surface area contributed by atoms with Crippen molar-refractivity contribution in [2.24, 2.45) is 0 Å². The van der Waals surface area contributed by atoms with Crippen LogP contribution >= 0.6 is 0 Å². The van der Waals surface area contributed by atoms with E-state index in [9.17, 15) is 9.59 Å². The van der Waals surface area contributed by atoms with Gasteiger partial charge in [0, 0.05) is 6.54 Å². The number of esters is 2. The van der Waals surface area contributed by atoms with Crippen LogP contribution < -0.4 is 5.32 Å². The Morgan fingerprint density at radius 3 is 2.38 bits per heavy atom. The Hall–Kier alpha value is -1.88. The van der Waals surface area contributed by atoms with E-state index in [1.54, 1.807) is 0 Å². The van der Waals surface area contributed by atoms with Crippen molar-refractivity contribution in [1.29, 1.82) is 0 Å². The highest BCUT2D eigenvalue weighted by Crippen LogP contribution is 2.07. The van der Waals surface area contributed by atoms with E-state index < -0.39 is 5.60 Å². The van der Waals surface area contributed by atoms with Crippen molar-refractivity contribution in [3.05, 3.63) is 35.9 Å². The molecule has 0 saturated heterocycles. The van der Waals surface area contributed by atoms with Crippen LogP contribution in [0.15, 0.2) is 30.3 Å². The Balaban J connectivity index is 2.10. The lowest BCUT2D eigenvalue weighted by atomic mass is 10.2. The molecule has 0 saturated carbocycles. The van der Waals surface area contributed by atoms with Gasteiger partial charge in [-0.25, -0.2) is 0 Å². The number of carbonyl (C=O) groups excluding carboxylic acids is 2. The van der Waals surface area contributed by atoms with Crippen LogP contribution in [0.3, 0.4) is 0 Å². The lowest BCUT2D eigenvalue weighted by molar-refractivity contribution is -0.155. The smallest absolute Gasteiger partial charge is 0.320 e. The lowest BCUT2D eigenvalue weighted by Gasteiger charge is -2.19. The molecule has 0 aliphatic rings. The second-order valence-electron chi connectivity index (χ2n) is 5.66. The summed E-state index contributed by atoms with van der Waals surface area (Å²) in [6, 6.07) is 9.47. The van der Waals surface area contributed by atoms with Crippen molar-refractivity contribution in [2.45, 2.75) is 39.4 Å². The summed E-state index contributed by atoms with van der Waals surface area (Å²) >= 11 is 0. The first-order chi connectivity index (χ1) is 9.87. The highest BCUT2D eigenvalue weighted by Gasteiger charge is 2.15. The molecule has 116 valence electrons. The first-order valence-corrected chi connectivity index (χ1v) is 6.99. The molecule has 0 spiro atoms. The van der Waals surface area contributed by atoms with E-state index in [2.05, 4.69) is 5.32 Å². The fraction of sp³-hybridized carbons (Fsp3) is 0.500. The van der Waals surface area contributed by atoms with Crippen LogP contribution in [0.4, 0.5) is 0 Å². The largest absolute Gasteiger partial charge is 0.460 e. The van der Waals surface area contributed by atoms with Crippen molar-refractivity contribution >= 4 is 11.9 Å². The zero-order valence-electron chi connectivity index (χ0n) is 12.8. The topological polar surface area (TPSA) is 64.6 Å². The first-order valence-electron chi connectivity index (χ1n) is 6.99. The molecule has 0 amide bonds. The molecule has 0 fully saturated rings. The minimum atomic E-state index is -0.480. The van der Waals surface area contributed by atoms with Gasteiger partial charge < -0.3 is 14.8 Å². The third-order valence-corrected chi connectivity index (χ3v) is 2.44. The highest BCUT2D eigenvalue weighted by atomic mass is 16.6. The summed E-state index contributed by atoms with van der Waals surface area (Å²) in [5.74, 6) is -0.629. The molecule has 0 aromatic heterocycles. The quantitative estimate of drug-likeness (QED) is 0.616. The molecular weight excluding hydrogens is 270 g/mol. The predicted molar refractivity (Wildman–Crippen MR) is 79.6 cm³/mol. The van der Waals surface area contributed by atoms with Crippen LogP contribution in [0, 0.1) is 0 Å². The van der Waals surface area contributed by atoms with Gasteiger partial charge in [-0.1, -0.05) is 30.3 Å². The normalized spacial score (nSPS) is 11.0. The highest BCUT2D eigenvalue weighted by molar-refractivity contribution is 5.72. The number of hydrogen-bond donors (Lipinski definition) is 1. The molecule has 0 aliphatic heterocycles. The maximum Gasteiger partial charge on any atom is 0.320 e. The molecule has 0 unspecified atom stereocenters. The summed E-state index contributed by atoms with van der Waals surface area (Å²) in [5.41, 5.74) is 0.464. The monoisotopic (exact) mass is 293 g/mol. The van der Waals surface area contributed by atoms with E-state index in [4.69, 9.17) is 9.47 Å². The Kier molecular flexibility index (Phi) is 6.88. The van der Waals surface area contributed by atoms with Gasteiger partial charge in [0.2, 0.25) is 0 Å². The SMILES string of the molecule is CC(C)(C)OC(=O)CCNCC(=O)OCc1ccccc1. The molecule has 0 bridgehead atoms. The third kappa shape index (κ3) is 8.81.